The number of aliphatic imine (C=N–C) groups is 1. The van der Waals surface area contributed by atoms with Gasteiger partial charge in [-0.25, -0.2) is 0 Å². The largest absolute Gasteiger partial charge is 0.370 e. The van der Waals surface area contributed by atoms with Crippen LogP contribution in [-0.4, -0.2) is 22.5 Å². The molecule has 0 spiro atoms. The number of nitrogens with one attached hydrogen (secondary N) is 1. The van der Waals surface area contributed by atoms with E-state index < -0.39 is 10.8 Å². The van der Waals surface area contributed by atoms with Gasteiger partial charge >= 0.3 is 0 Å². The molecule has 0 radical (unpaired) electrons. The van der Waals surface area contributed by atoms with Crippen molar-refractivity contribution in [1.29, 1.82) is 0 Å². The zero-order chi connectivity index (χ0) is 15.9. The molecule has 1 atom stereocenters. The topological polar surface area (TPSA) is 67.5 Å². The quantitative estimate of drug-likeness (QED) is 0.423. The lowest BCUT2D eigenvalue weighted by molar-refractivity contribution is 0.683. The zero-order valence-corrected chi connectivity index (χ0v) is 16.4. The molecule has 2 rings (SSSR count). The molecule has 6 heteroatoms. The van der Waals surface area contributed by atoms with Crippen LogP contribution in [-0.2, 0) is 10.8 Å². The van der Waals surface area contributed by atoms with Crippen LogP contribution in [0.4, 0.5) is 5.69 Å². The van der Waals surface area contributed by atoms with E-state index in [1.165, 1.54) is 11.1 Å². The van der Waals surface area contributed by atoms with Crippen LogP contribution in [0.2, 0.25) is 0 Å². The Morgan fingerprint density at radius 3 is 2.48 bits per heavy atom. The van der Waals surface area contributed by atoms with Crippen molar-refractivity contribution < 1.29 is 4.21 Å². The molecule has 2 aromatic carbocycles. The summed E-state index contributed by atoms with van der Waals surface area (Å²) in [4.78, 5) is 5.05. The van der Waals surface area contributed by atoms with Gasteiger partial charge in [-0.2, -0.15) is 0 Å². The van der Waals surface area contributed by atoms with E-state index in [0.29, 0.717) is 18.3 Å². The Balaban J connectivity index is 0.00000264. The minimum Gasteiger partial charge on any atom is -0.370 e. The fourth-order valence-electron chi connectivity index (χ4n) is 1.95. The first-order chi connectivity index (χ1) is 10.6. The van der Waals surface area contributed by atoms with Gasteiger partial charge in [0.25, 0.3) is 0 Å². The highest BCUT2D eigenvalue weighted by Gasteiger charge is 2.02. The first-order valence-corrected chi connectivity index (χ1v) is 8.46. The molecule has 0 bridgehead atoms. The van der Waals surface area contributed by atoms with Crippen molar-refractivity contribution in [3.05, 3.63) is 59.7 Å². The molecule has 0 amide bonds. The van der Waals surface area contributed by atoms with Crippen molar-refractivity contribution in [2.45, 2.75) is 18.7 Å². The van der Waals surface area contributed by atoms with E-state index in [1.807, 2.05) is 48.5 Å². The summed E-state index contributed by atoms with van der Waals surface area (Å²) in [5.74, 6) is 0.799. The molecule has 0 aromatic heterocycles. The van der Waals surface area contributed by atoms with Crippen LogP contribution >= 0.6 is 24.0 Å². The zero-order valence-electron chi connectivity index (χ0n) is 13.3. The second kappa shape index (κ2) is 9.67. The Kier molecular flexibility index (Phi) is 8.25. The van der Waals surface area contributed by atoms with E-state index in [4.69, 9.17) is 5.73 Å². The lowest BCUT2D eigenvalue weighted by Gasteiger charge is -2.08. The predicted octanol–water partition coefficient (Wildman–Crippen LogP) is 3.46. The monoisotopic (exact) mass is 443 g/mol. The van der Waals surface area contributed by atoms with E-state index in [0.717, 1.165) is 10.6 Å². The Bertz CT molecular complexity index is 689. The van der Waals surface area contributed by atoms with Crippen LogP contribution in [0, 0.1) is 13.8 Å². The van der Waals surface area contributed by atoms with Crippen LogP contribution in [0.3, 0.4) is 0 Å². The Labute approximate surface area is 157 Å². The first kappa shape index (κ1) is 19.6. The summed E-state index contributed by atoms with van der Waals surface area (Å²) in [6.07, 6.45) is 0. The third-order valence-electron chi connectivity index (χ3n) is 3.34. The maximum atomic E-state index is 12.0. The highest BCUT2D eigenvalue weighted by atomic mass is 127. The summed E-state index contributed by atoms with van der Waals surface area (Å²) in [7, 11) is -1.04. The number of hydrogen-bond donors (Lipinski definition) is 2. The minimum atomic E-state index is -1.04. The Morgan fingerprint density at radius 2 is 1.83 bits per heavy atom. The number of benzene rings is 2. The summed E-state index contributed by atoms with van der Waals surface area (Å²) in [5.41, 5.74) is 9.20. The molecule has 0 aliphatic carbocycles. The molecule has 3 N–H and O–H groups in total. The second-order valence-corrected chi connectivity index (χ2v) is 6.62. The van der Waals surface area contributed by atoms with E-state index in [2.05, 4.69) is 24.2 Å². The Hall–Kier alpha value is -1.41. The maximum Gasteiger partial charge on any atom is 0.193 e. The standard InChI is InChI=1S/C17H21N3OS.HI/c1-13-8-9-15(12-14(13)2)20-17(18)19-10-11-22(21)16-6-4-3-5-7-16;/h3-9,12H,10-11H2,1-2H3,(H3,18,19,20);1H. The molecule has 0 saturated heterocycles. The summed E-state index contributed by atoms with van der Waals surface area (Å²) in [6.45, 7) is 4.54. The molecule has 0 fully saturated rings. The number of anilines is 1. The van der Waals surface area contributed by atoms with Gasteiger partial charge in [-0.3, -0.25) is 9.20 Å². The fourth-order valence-corrected chi connectivity index (χ4v) is 2.90. The average Bonchev–Trinajstić information content (AvgIpc) is 2.51. The molecular formula is C17H22IN3OS. The third kappa shape index (κ3) is 6.31. The number of nitrogens with two attached hydrogens (primary N) is 1. The smallest absolute Gasteiger partial charge is 0.193 e. The predicted molar refractivity (Wildman–Crippen MR) is 109 cm³/mol. The SMILES string of the molecule is Cc1ccc(NC(N)=NCCS(=O)c2ccccc2)cc1C.I. The average molecular weight is 443 g/mol. The van der Waals surface area contributed by atoms with Gasteiger partial charge in [0.05, 0.1) is 17.3 Å². The molecule has 1 unspecified atom stereocenters. The Morgan fingerprint density at radius 1 is 1.13 bits per heavy atom. The van der Waals surface area contributed by atoms with Crippen molar-refractivity contribution in [2.24, 2.45) is 10.7 Å². The van der Waals surface area contributed by atoms with Crippen LogP contribution < -0.4 is 11.1 Å². The normalized spacial score (nSPS) is 12.3. The van der Waals surface area contributed by atoms with Gasteiger partial charge in [0, 0.05) is 16.3 Å². The van der Waals surface area contributed by atoms with Crippen molar-refractivity contribution in [1.82, 2.24) is 0 Å². The number of aryl methyl sites for hydroxylation is 2. The number of rotatable bonds is 5. The molecule has 0 aliphatic rings. The third-order valence-corrected chi connectivity index (χ3v) is 4.70. The molecule has 0 heterocycles. The maximum absolute atomic E-state index is 12.0. The minimum absolute atomic E-state index is 0. The number of nitrogens with zero attached hydrogens (tertiary/aromatic N) is 1. The highest BCUT2D eigenvalue weighted by Crippen LogP contribution is 2.13. The summed E-state index contributed by atoms with van der Waals surface area (Å²) < 4.78 is 12.0. The molecule has 124 valence electrons. The van der Waals surface area contributed by atoms with E-state index >= 15 is 0 Å². The molecule has 0 aliphatic heterocycles. The van der Waals surface area contributed by atoms with E-state index in [1.54, 1.807) is 0 Å². The van der Waals surface area contributed by atoms with Crippen molar-refractivity contribution >= 4 is 46.4 Å². The highest BCUT2D eigenvalue weighted by molar-refractivity contribution is 14.0. The van der Waals surface area contributed by atoms with Crippen LogP contribution in [0.5, 0.6) is 0 Å². The van der Waals surface area contributed by atoms with Crippen molar-refractivity contribution in [2.75, 3.05) is 17.6 Å². The number of hydrogen-bond acceptors (Lipinski definition) is 2. The summed E-state index contributed by atoms with van der Waals surface area (Å²) in [5, 5.41) is 3.05. The molecule has 0 saturated carbocycles. The summed E-state index contributed by atoms with van der Waals surface area (Å²) >= 11 is 0. The van der Waals surface area contributed by atoms with Crippen LogP contribution in [0.25, 0.3) is 0 Å². The van der Waals surface area contributed by atoms with Gasteiger partial charge in [0.2, 0.25) is 0 Å². The lowest BCUT2D eigenvalue weighted by atomic mass is 10.1. The molecule has 23 heavy (non-hydrogen) atoms. The fraction of sp³-hybridized carbons (Fsp3) is 0.235. The van der Waals surface area contributed by atoms with Gasteiger partial charge in [-0.1, -0.05) is 24.3 Å². The van der Waals surface area contributed by atoms with E-state index in [-0.39, 0.29) is 24.0 Å². The van der Waals surface area contributed by atoms with Gasteiger partial charge in [0.1, 0.15) is 0 Å². The van der Waals surface area contributed by atoms with Gasteiger partial charge in [-0.15, -0.1) is 24.0 Å². The molecule has 2 aromatic rings. The number of halogens is 1. The lowest BCUT2D eigenvalue weighted by Crippen LogP contribution is -2.23. The molecular weight excluding hydrogens is 421 g/mol. The first-order valence-electron chi connectivity index (χ1n) is 7.14. The van der Waals surface area contributed by atoms with Crippen LogP contribution in [0.15, 0.2) is 58.4 Å². The van der Waals surface area contributed by atoms with Gasteiger partial charge < -0.3 is 11.1 Å². The molecule has 4 nitrogen and oxygen atoms in total. The van der Waals surface area contributed by atoms with E-state index in [9.17, 15) is 4.21 Å². The number of guanidine groups is 1. The van der Waals surface area contributed by atoms with Crippen molar-refractivity contribution in [3.8, 4) is 0 Å². The van der Waals surface area contributed by atoms with Crippen LogP contribution in [0.1, 0.15) is 11.1 Å². The second-order valence-electron chi connectivity index (χ2n) is 5.05. The van der Waals surface area contributed by atoms with Gasteiger partial charge in [0.15, 0.2) is 5.96 Å². The summed E-state index contributed by atoms with van der Waals surface area (Å²) in [6, 6.07) is 15.4. The van der Waals surface area contributed by atoms with Crippen molar-refractivity contribution in [3.63, 3.8) is 0 Å². The van der Waals surface area contributed by atoms with Gasteiger partial charge in [-0.05, 0) is 49.2 Å².